The number of hydrogen-bond acceptors (Lipinski definition) is 3. The highest BCUT2D eigenvalue weighted by molar-refractivity contribution is 5.94. The first-order chi connectivity index (χ1) is 13.1. The minimum Gasteiger partial charge on any atom is -0.351 e. The van der Waals surface area contributed by atoms with Crippen LogP contribution in [0, 0.1) is 0 Å². The number of aromatic nitrogens is 2. The van der Waals surface area contributed by atoms with Crippen LogP contribution in [0.2, 0.25) is 0 Å². The summed E-state index contributed by atoms with van der Waals surface area (Å²) in [5, 5.41) is 5.74. The lowest BCUT2D eigenvalue weighted by atomic mass is 10.2. The van der Waals surface area contributed by atoms with E-state index in [0.29, 0.717) is 17.9 Å². The first-order valence-electron chi connectivity index (χ1n) is 8.79. The van der Waals surface area contributed by atoms with Crippen LogP contribution in [0.25, 0.3) is 11.0 Å². The Morgan fingerprint density at radius 2 is 1.85 bits per heavy atom. The van der Waals surface area contributed by atoms with Gasteiger partial charge in [0.1, 0.15) is 12.4 Å². The van der Waals surface area contributed by atoms with E-state index in [1.165, 1.54) is 0 Å². The lowest BCUT2D eigenvalue weighted by Crippen LogP contribution is -2.32. The smallest absolute Gasteiger partial charge is 0.251 e. The van der Waals surface area contributed by atoms with Crippen molar-refractivity contribution in [3.8, 4) is 0 Å². The molecule has 0 fully saturated rings. The zero-order valence-electron chi connectivity index (χ0n) is 15.2. The van der Waals surface area contributed by atoms with Crippen molar-refractivity contribution in [2.75, 3.05) is 6.54 Å². The van der Waals surface area contributed by atoms with Crippen molar-refractivity contribution in [1.29, 1.82) is 0 Å². The molecule has 0 saturated heterocycles. The van der Waals surface area contributed by atoms with E-state index in [0.717, 1.165) is 11.0 Å². The molecule has 1 unspecified atom stereocenters. The molecule has 1 heterocycles. The third-order valence-corrected chi connectivity index (χ3v) is 4.20. The molecule has 6 heteroatoms. The molecule has 1 atom stereocenters. The fraction of sp³-hybridized carbons (Fsp3) is 0.190. The second-order valence-corrected chi connectivity index (χ2v) is 6.20. The molecular weight excluding hydrogens is 340 g/mol. The van der Waals surface area contributed by atoms with Crippen molar-refractivity contribution in [1.82, 2.24) is 20.2 Å². The highest BCUT2D eigenvalue weighted by Crippen LogP contribution is 2.21. The SMILES string of the molecule is C=CCNC(=O)Cn1c(C(C)NC(=O)c2ccccc2)nc2ccccc21. The molecule has 0 aliphatic heterocycles. The Kier molecular flexibility index (Phi) is 5.66. The number of benzene rings is 2. The lowest BCUT2D eigenvalue weighted by Gasteiger charge is -2.16. The Bertz CT molecular complexity index is 963. The number of nitrogens with one attached hydrogen (secondary N) is 2. The Labute approximate surface area is 157 Å². The molecule has 0 aliphatic carbocycles. The molecule has 0 spiro atoms. The number of fused-ring (bicyclic) bond motifs is 1. The minimum absolute atomic E-state index is 0.120. The third-order valence-electron chi connectivity index (χ3n) is 4.20. The standard InChI is InChI=1S/C21H22N4O2/c1-3-13-22-19(26)14-25-18-12-8-7-11-17(18)24-20(25)15(2)23-21(27)16-9-5-4-6-10-16/h3-12,15H,1,13-14H2,2H3,(H,22,26)(H,23,27). The van der Waals surface area contributed by atoms with Crippen LogP contribution in [-0.4, -0.2) is 27.9 Å². The maximum absolute atomic E-state index is 12.5. The van der Waals surface area contributed by atoms with Gasteiger partial charge in [0.05, 0.1) is 17.1 Å². The number of carbonyl (C=O) groups excluding carboxylic acids is 2. The minimum atomic E-state index is -0.364. The number of nitrogens with zero attached hydrogens (tertiary/aromatic N) is 2. The maximum atomic E-state index is 12.5. The molecule has 2 aromatic carbocycles. The van der Waals surface area contributed by atoms with Crippen LogP contribution < -0.4 is 10.6 Å². The van der Waals surface area contributed by atoms with E-state index >= 15 is 0 Å². The van der Waals surface area contributed by atoms with Gasteiger partial charge in [-0.3, -0.25) is 9.59 Å². The van der Waals surface area contributed by atoms with Gasteiger partial charge in [0.15, 0.2) is 0 Å². The molecule has 3 rings (SSSR count). The van der Waals surface area contributed by atoms with Crippen LogP contribution in [0.4, 0.5) is 0 Å². The predicted octanol–water partition coefficient (Wildman–Crippen LogP) is 2.83. The van der Waals surface area contributed by atoms with Crippen LogP contribution in [0.15, 0.2) is 67.3 Å². The number of para-hydroxylation sites is 2. The zero-order valence-corrected chi connectivity index (χ0v) is 15.2. The molecular formula is C21H22N4O2. The van der Waals surface area contributed by atoms with Crippen LogP contribution in [0.1, 0.15) is 29.1 Å². The summed E-state index contributed by atoms with van der Waals surface area (Å²) in [5.74, 6) is 0.313. The topological polar surface area (TPSA) is 76.0 Å². The first-order valence-corrected chi connectivity index (χ1v) is 8.79. The van der Waals surface area contributed by atoms with Gasteiger partial charge in [-0.2, -0.15) is 0 Å². The Morgan fingerprint density at radius 3 is 2.59 bits per heavy atom. The van der Waals surface area contributed by atoms with Crippen LogP contribution >= 0.6 is 0 Å². The maximum Gasteiger partial charge on any atom is 0.251 e. The quantitative estimate of drug-likeness (QED) is 0.635. The van der Waals surface area contributed by atoms with E-state index in [-0.39, 0.29) is 24.4 Å². The van der Waals surface area contributed by atoms with Gasteiger partial charge in [0.25, 0.3) is 5.91 Å². The Hall–Kier alpha value is -3.41. The molecule has 138 valence electrons. The van der Waals surface area contributed by atoms with E-state index in [4.69, 9.17) is 0 Å². The van der Waals surface area contributed by atoms with Crippen molar-refractivity contribution in [2.45, 2.75) is 19.5 Å². The second kappa shape index (κ2) is 8.31. The summed E-state index contributed by atoms with van der Waals surface area (Å²) < 4.78 is 1.84. The number of imidazole rings is 1. The summed E-state index contributed by atoms with van der Waals surface area (Å²) in [6.07, 6.45) is 1.63. The lowest BCUT2D eigenvalue weighted by molar-refractivity contribution is -0.121. The van der Waals surface area contributed by atoms with E-state index < -0.39 is 0 Å². The highest BCUT2D eigenvalue weighted by atomic mass is 16.2. The molecule has 1 aromatic heterocycles. The molecule has 2 N–H and O–H groups in total. The second-order valence-electron chi connectivity index (χ2n) is 6.20. The summed E-state index contributed by atoms with van der Waals surface area (Å²) in [5.41, 5.74) is 2.21. The van der Waals surface area contributed by atoms with Crippen molar-refractivity contribution in [3.05, 3.63) is 78.6 Å². The van der Waals surface area contributed by atoms with Gasteiger partial charge in [0.2, 0.25) is 5.91 Å². The fourth-order valence-electron chi connectivity index (χ4n) is 2.91. The monoisotopic (exact) mass is 362 g/mol. The van der Waals surface area contributed by atoms with Gasteiger partial charge in [-0.25, -0.2) is 4.98 Å². The summed E-state index contributed by atoms with van der Waals surface area (Å²) in [7, 11) is 0. The fourth-order valence-corrected chi connectivity index (χ4v) is 2.91. The van der Waals surface area contributed by atoms with Gasteiger partial charge in [-0.15, -0.1) is 6.58 Å². The molecule has 0 aliphatic rings. The van der Waals surface area contributed by atoms with Gasteiger partial charge in [-0.05, 0) is 31.2 Å². The molecule has 0 saturated carbocycles. The van der Waals surface area contributed by atoms with Crippen molar-refractivity contribution >= 4 is 22.8 Å². The molecule has 2 amide bonds. The van der Waals surface area contributed by atoms with Gasteiger partial charge >= 0.3 is 0 Å². The van der Waals surface area contributed by atoms with Crippen molar-refractivity contribution < 1.29 is 9.59 Å². The third kappa shape index (κ3) is 4.23. The molecule has 0 radical (unpaired) electrons. The highest BCUT2D eigenvalue weighted by Gasteiger charge is 2.20. The average molecular weight is 362 g/mol. The van der Waals surface area contributed by atoms with Gasteiger partial charge in [0, 0.05) is 12.1 Å². The summed E-state index contributed by atoms with van der Waals surface area (Å²) in [4.78, 5) is 29.4. The summed E-state index contributed by atoms with van der Waals surface area (Å²) in [6.45, 7) is 5.99. The van der Waals surface area contributed by atoms with E-state index in [1.54, 1.807) is 18.2 Å². The molecule has 0 bridgehead atoms. The first kappa shape index (κ1) is 18.4. The van der Waals surface area contributed by atoms with E-state index in [1.807, 2.05) is 54.0 Å². The zero-order chi connectivity index (χ0) is 19.2. The predicted molar refractivity (Wildman–Crippen MR) is 105 cm³/mol. The van der Waals surface area contributed by atoms with Crippen LogP contribution in [0.5, 0.6) is 0 Å². The number of carbonyl (C=O) groups is 2. The number of hydrogen-bond donors (Lipinski definition) is 2. The normalized spacial score (nSPS) is 11.7. The average Bonchev–Trinajstić information content (AvgIpc) is 3.05. The van der Waals surface area contributed by atoms with Crippen LogP contribution in [0.3, 0.4) is 0 Å². The van der Waals surface area contributed by atoms with Crippen molar-refractivity contribution in [3.63, 3.8) is 0 Å². The summed E-state index contributed by atoms with van der Waals surface area (Å²) >= 11 is 0. The van der Waals surface area contributed by atoms with Crippen molar-refractivity contribution in [2.24, 2.45) is 0 Å². The Balaban J connectivity index is 1.88. The number of rotatable bonds is 7. The van der Waals surface area contributed by atoms with Gasteiger partial charge < -0.3 is 15.2 Å². The molecule has 3 aromatic rings. The largest absolute Gasteiger partial charge is 0.351 e. The molecule has 27 heavy (non-hydrogen) atoms. The van der Waals surface area contributed by atoms with Gasteiger partial charge in [-0.1, -0.05) is 36.4 Å². The van der Waals surface area contributed by atoms with E-state index in [9.17, 15) is 9.59 Å². The number of amides is 2. The van der Waals surface area contributed by atoms with E-state index in [2.05, 4.69) is 22.2 Å². The Morgan fingerprint density at radius 1 is 1.15 bits per heavy atom. The summed E-state index contributed by atoms with van der Waals surface area (Å²) in [6, 6.07) is 16.3. The molecule has 6 nitrogen and oxygen atoms in total. The van der Waals surface area contributed by atoms with Crippen LogP contribution in [-0.2, 0) is 11.3 Å².